The number of hydrogen-bond acceptors (Lipinski definition) is 5. The lowest BCUT2D eigenvalue weighted by Crippen LogP contribution is -2.15. The van der Waals surface area contributed by atoms with Crippen LogP contribution in [0.15, 0.2) is 60.7 Å². The molecule has 0 fully saturated rings. The normalized spacial score (nSPS) is 12.9. The molecule has 0 saturated carbocycles. The summed E-state index contributed by atoms with van der Waals surface area (Å²) in [7, 11) is 0. The van der Waals surface area contributed by atoms with E-state index in [1.165, 1.54) is 11.1 Å². The summed E-state index contributed by atoms with van der Waals surface area (Å²) in [5, 5.41) is 8.19. The summed E-state index contributed by atoms with van der Waals surface area (Å²) in [6.45, 7) is 5.39. The van der Waals surface area contributed by atoms with Gasteiger partial charge in [0.05, 0.1) is 5.69 Å². The smallest absolute Gasteiger partial charge is 0.162 e. The highest BCUT2D eigenvalue weighted by atomic mass is 16.6. The third kappa shape index (κ3) is 4.46. The molecule has 6 heteroatoms. The van der Waals surface area contributed by atoms with Crippen molar-refractivity contribution in [2.45, 2.75) is 26.2 Å². The third-order valence-corrected chi connectivity index (χ3v) is 5.70. The van der Waals surface area contributed by atoms with Crippen LogP contribution in [0, 0.1) is 0 Å². The number of aromatic nitrogens is 3. The zero-order valence-electron chi connectivity index (χ0n) is 18.4. The number of rotatable bonds is 8. The summed E-state index contributed by atoms with van der Waals surface area (Å²) in [6, 6.07) is 20.9. The number of nitrogens with zero attached hydrogens (tertiary/aromatic N) is 3. The highest BCUT2D eigenvalue weighted by Crippen LogP contribution is 2.34. The molecule has 2 aromatic heterocycles. The first-order valence-electron chi connectivity index (χ1n) is 11.3. The van der Waals surface area contributed by atoms with Crippen molar-refractivity contribution < 1.29 is 9.47 Å². The van der Waals surface area contributed by atoms with Gasteiger partial charge in [-0.15, -0.1) is 0 Å². The van der Waals surface area contributed by atoms with Gasteiger partial charge in [-0.05, 0) is 67.4 Å². The molecule has 2 aromatic carbocycles. The van der Waals surface area contributed by atoms with Crippen LogP contribution in [0.3, 0.4) is 0 Å². The Balaban J connectivity index is 1.34. The molecule has 4 aromatic rings. The molecule has 6 nitrogen and oxygen atoms in total. The maximum atomic E-state index is 5.75. The molecule has 164 valence electrons. The standard InChI is InChI=1S/C26H28N4O2/c1-2-27-14-4-5-19-8-10-20(11-9-19)17-25-28-26-7-3-6-22(30(26)29-25)21-12-13-23-24(18-21)32-16-15-31-23/h3,6-13,18,27H,2,4-5,14-17H2,1H3. The number of fused-ring (bicyclic) bond motifs is 2. The summed E-state index contributed by atoms with van der Waals surface area (Å²) in [5.74, 6) is 2.38. The number of aryl methyl sites for hydroxylation is 1. The highest BCUT2D eigenvalue weighted by Gasteiger charge is 2.15. The van der Waals surface area contributed by atoms with Gasteiger partial charge >= 0.3 is 0 Å². The Bertz CT molecular complexity index is 1200. The van der Waals surface area contributed by atoms with Crippen molar-refractivity contribution >= 4 is 5.65 Å². The van der Waals surface area contributed by atoms with E-state index in [1.807, 2.05) is 34.8 Å². The van der Waals surface area contributed by atoms with Crippen LogP contribution in [-0.2, 0) is 12.8 Å². The summed E-state index contributed by atoms with van der Waals surface area (Å²) in [4.78, 5) is 4.76. The quantitative estimate of drug-likeness (QED) is 0.424. The van der Waals surface area contributed by atoms with E-state index in [4.69, 9.17) is 19.6 Å². The monoisotopic (exact) mass is 428 g/mol. The molecule has 5 rings (SSSR count). The van der Waals surface area contributed by atoms with E-state index in [0.29, 0.717) is 19.6 Å². The number of ether oxygens (including phenoxy) is 2. The number of nitrogens with one attached hydrogen (secondary N) is 1. The van der Waals surface area contributed by atoms with Gasteiger partial charge in [0, 0.05) is 12.0 Å². The predicted octanol–water partition coefficient (Wildman–Crippen LogP) is 4.30. The molecule has 0 amide bonds. The molecule has 0 unspecified atom stereocenters. The van der Waals surface area contributed by atoms with Gasteiger partial charge in [0.1, 0.15) is 13.2 Å². The van der Waals surface area contributed by atoms with Crippen LogP contribution in [0.5, 0.6) is 11.5 Å². The minimum Gasteiger partial charge on any atom is -0.486 e. The summed E-state index contributed by atoms with van der Waals surface area (Å²) in [6.07, 6.45) is 2.96. The van der Waals surface area contributed by atoms with Gasteiger partial charge in [-0.1, -0.05) is 37.3 Å². The van der Waals surface area contributed by atoms with Crippen molar-refractivity contribution in [2.75, 3.05) is 26.3 Å². The topological polar surface area (TPSA) is 60.7 Å². The Morgan fingerprint density at radius 3 is 2.59 bits per heavy atom. The van der Waals surface area contributed by atoms with Crippen LogP contribution < -0.4 is 14.8 Å². The number of pyridine rings is 1. The lowest BCUT2D eigenvalue weighted by atomic mass is 10.1. The second kappa shape index (κ2) is 9.40. The first-order valence-corrected chi connectivity index (χ1v) is 11.3. The molecular formula is C26H28N4O2. The Labute approximate surface area is 188 Å². The maximum absolute atomic E-state index is 5.75. The zero-order chi connectivity index (χ0) is 21.8. The molecule has 0 spiro atoms. The van der Waals surface area contributed by atoms with Crippen LogP contribution >= 0.6 is 0 Å². The van der Waals surface area contributed by atoms with Crippen LogP contribution in [0.2, 0.25) is 0 Å². The zero-order valence-corrected chi connectivity index (χ0v) is 18.4. The van der Waals surface area contributed by atoms with Gasteiger partial charge in [-0.3, -0.25) is 0 Å². The van der Waals surface area contributed by atoms with Gasteiger partial charge in [0.2, 0.25) is 0 Å². The summed E-state index contributed by atoms with van der Waals surface area (Å²) < 4.78 is 13.3. The van der Waals surface area contributed by atoms with Crippen LogP contribution in [0.25, 0.3) is 16.9 Å². The largest absolute Gasteiger partial charge is 0.486 e. The maximum Gasteiger partial charge on any atom is 0.162 e. The molecule has 0 saturated heterocycles. The van der Waals surface area contributed by atoms with Crippen molar-refractivity contribution in [1.29, 1.82) is 0 Å². The van der Waals surface area contributed by atoms with E-state index in [-0.39, 0.29) is 0 Å². The van der Waals surface area contributed by atoms with E-state index in [1.54, 1.807) is 0 Å². The lowest BCUT2D eigenvalue weighted by molar-refractivity contribution is 0.171. The van der Waals surface area contributed by atoms with Crippen molar-refractivity contribution in [2.24, 2.45) is 0 Å². The minimum atomic E-state index is 0.572. The van der Waals surface area contributed by atoms with Crippen LogP contribution in [-0.4, -0.2) is 40.9 Å². The molecular weight excluding hydrogens is 400 g/mol. The second-order valence-electron chi connectivity index (χ2n) is 8.02. The molecule has 1 aliphatic heterocycles. The highest BCUT2D eigenvalue weighted by molar-refractivity contribution is 5.66. The SMILES string of the molecule is CCNCCCc1ccc(Cc2nc3cccc(-c4ccc5c(c4)OCCO5)n3n2)cc1. The molecule has 0 radical (unpaired) electrons. The molecule has 32 heavy (non-hydrogen) atoms. The van der Waals surface area contributed by atoms with E-state index >= 15 is 0 Å². The van der Waals surface area contributed by atoms with E-state index in [0.717, 1.165) is 60.2 Å². The fraction of sp³-hybridized carbons (Fsp3) is 0.308. The molecule has 0 atom stereocenters. The predicted molar refractivity (Wildman–Crippen MR) is 126 cm³/mol. The van der Waals surface area contributed by atoms with Crippen molar-refractivity contribution in [3.05, 3.63) is 77.6 Å². The molecule has 0 aliphatic carbocycles. The van der Waals surface area contributed by atoms with Gasteiger partial charge in [0.15, 0.2) is 23.0 Å². The summed E-state index contributed by atoms with van der Waals surface area (Å²) in [5.41, 5.74) is 5.44. The van der Waals surface area contributed by atoms with Crippen molar-refractivity contribution in [1.82, 2.24) is 19.9 Å². The van der Waals surface area contributed by atoms with Gasteiger partial charge < -0.3 is 14.8 Å². The Hall–Kier alpha value is -3.38. The molecule has 0 bridgehead atoms. The van der Waals surface area contributed by atoms with Crippen LogP contribution in [0.4, 0.5) is 0 Å². The lowest BCUT2D eigenvalue weighted by Gasteiger charge is -2.19. The molecule has 1 N–H and O–H groups in total. The van der Waals surface area contributed by atoms with E-state index < -0.39 is 0 Å². The minimum absolute atomic E-state index is 0.572. The number of hydrogen-bond donors (Lipinski definition) is 1. The summed E-state index contributed by atoms with van der Waals surface area (Å²) >= 11 is 0. The van der Waals surface area contributed by atoms with Crippen LogP contribution in [0.1, 0.15) is 30.3 Å². The van der Waals surface area contributed by atoms with Crippen molar-refractivity contribution in [3.63, 3.8) is 0 Å². The fourth-order valence-corrected chi connectivity index (χ4v) is 4.05. The van der Waals surface area contributed by atoms with E-state index in [9.17, 15) is 0 Å². The van der Waals surface area contributed by atoms with Gasteiger partial charge in [-0.25, -0.2) is 9.50 Å². The first kappa shape index (κ1) is 20.5. The third-order valence-electron chi connectivity index (χ3n) is 5.70. The Morgan fingerprint density at radius 2 is 1.75 bits per heavy atom. The number of benzene rings is 2. The Morgan fingerprint density at radius 1 is 0.938 bits per heavy atom. The second-order valence-corrected chi connectivity index (χ2v) is 8.02. The first-order chi connectivity index (χ1) is 15.8. The molecule has 1 aliphatic rings. The van der Waals surface area contributed by atoms with Gasteiger partial charge in [0.25, 0.3) is 0 Å². The fourth-order valence-electron chi connectivity index (χ4n) is 4.05. The van der Waals surface area contributed by atoms with Gasteiger partial charge in [-0.2, -0.15) is 5.10 Å². The van der Waals surface area contributed by atoms with E-state index in [2.05, 4.69) is 42.6 Å². The van der Waals surface area contributed by atoms with Crippen molar-refractivity contribution in [3.8, 4) is 22.8 Å². The average Bonchev–Trinajstić information content (AvgIpc) is 3.25. The Kier molecular flexibility index (Phi) is 6.03. The molecule has 3 heterocycles. The average molecular weight is 429 g/mol.